The summed E-state index contributed by atoms with van der Waals surface area (Å²) in [6.07, 6.45) is 3.27. The molecule has 2 atom stereocenters. The van der Waals surface area contributed by atoms with Crippen LogP contribution in [0.15, 0.2) is 42.5 Å². The SMILES string of the molecule is O[C@@H]1c2cc3c(cc2C=C[C@H]1Nc1ccc(Cl)cc1)OCO3. The topological polar surface area (TPSA) is 50.7 Å². The molecule has 22 heavy (non-hydrogen) atoms. The fourth-order valence-electron chi connectivity index (χ4n) is 2.75. The Morgan fingerprint density at radius 1 is 1.09 bits per heavy atom. The molecule has 0 saturated carbocycles. The van der Waals surface area contributed by atoms with Gasteiger partial charge in [-0.3, -0.25) is 0 Å². The van der Waals surface area contributed by atoms with E-state index in [4.69, 9.17) is 21.1 Å². The second-order valence-corrected chi connectivity index (χ2v) is 5.75. The van der Waals surface area contributed by atoms with Crippen LogP contribution in [0.3, 0.4) is 0 Å². The van der Waals surface area contributed by atoms with Crippen LogP contribution in [0, 0.1) is 0 Å². The van der Waals surface area contributed by atoms with Crippen molar-refractivity contribution >= 4 is 23.4 Å². The monoisotopic (exact) mass is 315 g/mol. The number of aliphatic hydroxyl groups excluding tert-OH is 1. The molecule has 0 bridgehead atoms. The van der Waals surface area contributed by atoms with E-state index in [-0.39, 0.29) is 12.8 Å². The van der Waals surface area contributed by atoms with Gasteiger partial charge in [0.1, 0.15) is 6.10 Å². The number of hydrogen-bond donors (Lipinski definition) is 2. The average Bonchev–Trinajstić information content (AvgIpc) is 2.98. The summed E-state index contributed by atoms with van der Waals surface area (Å²) >= 11 is 5.89. The first-order valence-electron chi connectivity index (χ1n) is 7.02. The zero-order chi connectivity index (χ0) is 15.1. The highest BCUT2D eigenvalue weighted by atomic mass is 35.5. The molecule has 2 aromatic carbocycles. The third kappa shape index (κ3) is 2.30. The number of halogens is 1. The first-order chi connectivity index (χ1) is 10.7. The minimum absolute atomic E-state index is 0.214. The van der Waals surface area contributed by atoms with Crippen LogP contribution in [-0.4, -0.2) is 17.9 Å². The molecule has 4 nitrogen and oxygen atoms in total. The third-order valence-electron chi connectivity index (χ3n) is 3.90. The summed E-state index contributed by atoms with van der Waals surface area (Å²) in [5.74, 6) is 1.40. The van der Waals surface area contributed by atoms with E-state index in [1.165, 1.54) is 0 Å². The molecule has 2 aromatic rings. The van der Waals surface area contributed by atoms with Crippen LogP contribution in [0.25, 0.3) is 6.08 Å². The molecule has 2 N–H and O–H groups in total. The van der Waals surface area contributed by atoms with E-state index in [0.29, 0.717) is 10.8 Å². The van der Waals surface area contributed by atoms with Crippen molar-refractivity contribution in [2.75, 3.05) is 12.1 Å². The lowest BCUT2D eigenvalue weighted by atomic mass is 9.90. The van der Waals surface area contributed by atoms with Gasteiger partial charge in [0.15, 0.2) is 11.5 Å². The Bertz CT molecular complexity index is 742. The molecule has 0 unspecified atom stereocenters. The van der Waals surface area contributed by atoms with Gasteiger partial charge in [-0.25, -0.2) is 0 Å². The average molecular weight is 316 g/mol. The standard InChI is InChI=1S/C17H14ClNO3/c18-11-2-4-12(5-3-11)19-14-6-1-10-7-15-16(22-9-21-15)8-13(10)17(14)20/h1-8,14,17,19-20H,9H2/t14-,17-/m1/s1. The molecule has 2 aliphatic rings. The predicted octanol–water partition coefficient (Wildman–Crippen LogP) is 3.61. The van der Waals surface area contributed by atoms with Crippen molar-refractivity contribution < 1.29 is 14.6 Å². The van der Waals surface area contributed by atoms with Crippen molar-refractivity contribution in [2.24, 2.45) is 0 Å². The number of aliphatic hydroxyl groups is 1. The Labute approximate surface area is 132 Å². The van der Waals surface area contributed by atoms with Gasteiger partial charge in [-0.15, -0.1) is 0 Å². The summed E-state index contributed by atoms with van der Waals surface area (Å²) in [5, 5.41) is 14.6. The second kappa shape index (κ2) is 5.23. The maximum Gasteiger partial charge on any atom is 0.231 e. The summed E-state index contributed by atoms with van der Waals surface area (Å²) in [5.41, 5.74) is 2.69. The Hall–Kier alpha value is -2.17. The molecule has 1 heterocycles. The second-order valence-electron chi connectivity index (χ2n) is 5.32. The van der Waals surface area contributed by atoms with E-state index in [2.05, 4.69) is 5.32 Å². The van der Waals surface area contributed by atoms with Crippen molar-refractivity contribution in [3.8, 4) is 11.5 Å². The zero-order valence-electron chi connectivity index (χ0n) is 11.6. The van der Waals surface area contributed by atoms with Gasteiger partial charge in [-0.2, -0.15) is 0 Å². The number of rotatable bonds is 2. The number of fused-ring (bicyclic) bond motifs is 2. The lowest BCUT2D eigenvalue weighted by Gasteiger charge is -2.27. The molecular formula is C17H14ClNO3. The Morgan fingerprint density at radius 2 is 1.82 bits per heavy atom. The molecule has 0 aromatic heterocycles. The number of hydrogen-bond acceptors (Lipinski definition) is 4. The molecule has 0 amide bonds. The predicted molar refractivity (Wildman–Crippen MR) is 85.4 cm³/mol. The van der Waals surface area contributed by atoms with Gasteiger partial charge in [-0.05, 0) is 47.5 Å². The van der Waals surface area contributed by atoms with Crippen LogP contribution in [0.2, 0.25) is 5.02 Å². The molecule has 5 heteroatoms. The molecule has 0 saturated heterocycles. The maximum absolute atomic E-state index is 10.6. The lowest BCUT2D eigenvalue weighted by Crippen LogP contribution is -2.28. The number of anilines is 1. The minimum Gasteiger partial charge on any atom is -0.454 e. The molecule has 0 radical (unpaired) electrons. The van der Waals surface area contributed by atoms with E-state index in [9.17, 15) is 5.11 Å². The van der Waals surface area contributed by atoms with Gasteiger partial charge in [0, 0.05) is 10.7 Å². The summed E-state index contributed by atoms with van der Waals surface area (Å²) in [4.78, 5) is 0. The lowest BCUT2D eigenvalue weighted by molar-refractivity contribution is 0.166. The van der Waals surface area contributed by atoms with E-state index in [1.807, 2.05) is 48.6 Å². The van der Waals surface area contributed by atoms with Crippen LogP contribution in [0.4, 0.5) is 5.69 Å². The Morgan fingerprint density at radius 3 is 2.59 bits per heavy atom. The quantitative estimate of drug-likeness (QED) is 0.889. The van der Waals surface area contributed by atoms with Crippen LogP contribution >= 0.6 is 11.6 Å². The molecule has 1 aliphatic heterocycles. The smallest absolute Gasteiger partial charge is 0.231 e. The largest absolute Gasteiger partial charge is 0.454 e. The van der Waals surface area contributed by atoms with Crippen molar-refractivity contribution in [3.63, 3.8) is 0 Å². The molecular weight excluding hydrogens is 302 g/mol. The third-order valence-corrected chi connectivity index (χ3v) is 4.15. The highest BCUT2D eigenvalue weighted by molar-refractivity contribution is 6.30. The molecule has 0 fully saturated rings. The van der Waals surface area contributed by atoms with E-state index < -0.39 is 6.10 Å². The van der Waals surface area contributed by atoms with Crippen LogP contribution in [0.1, 0.15) is 17.2 Å². The summed E-state index contributed by atoms with van der Waals surface area (Å²) < 4.78 is 10.8. The van der Waals surface area contributed by atoms with Gasteiger partial charge in [0.25, 0.3) is 0 Å². The first kappa shape index (κ1) is 13.5. The molecule has 4 rings (SSSR count). The summed E-state index contributed by atoms with van der Waals surface area (Å²) in [7, 11) is 0. The van der Waals surface area contributed by atoms with Crippen LogP contribution < -0.4 is 14.8 Å². The van der Waals surface area contributed by atoms with E-state index >= 15 is 0 Å². The van der Waals surface area contributed by atoms with Gasteiger partial charge in [0.2, 0.25) is 6.79 Å². The Balaban J connectivity index is 1.62. The molecule has 1 aliphatic carbocycles. The maximum atomic E-state index is 10.6. The summed E-state index contributed by atoms with van der Waals surface area (Å²) in [6.45, 7) is 0.227. The van der Waals surface area contributed by atoms with Gasteiger partial charge < -0.3 is 19.9 Å². The van der Waals surface area contributed by atoms with E-state index in [0.717, 1.165) is 22.6 Å². The highest BCUT2D eigenvalue weighted by Gasteiger charge is 2.27. The number of nitrogens with one attached hydrogen (secondary N) is 1. The van der Waals surface area contributed by atoms with Gasteiger partial charge in [-0.1, -0.05) is 23.8 Å². The number of ether oxygens (including phenoxy) is 2. The van der Waals surface area contributed by atoms with Crippen molar-refractivity contribution in [3.05, 3.63) is 58.6 Å². The molecule has 112 valence electrons. The Kier molecular flexibility index (Phi) is 3.21. The molecule has 0 spiro atoms. The summed E-state index contributed by atoms with van der Waals surface area (Å²) in [6, 6.07) is 10.9. The van der Waals surface area contributed by atoms with E-state index in [1.54, 1.807) is 0 Å². The van der Waals surface area contributed by atoms with Crippen molar-refractivity contribution in [2.45, 2.75) is 12.1 Å². The number of benzene rings is 2. The zero-order valence-corrected chi connectivity index (χ0v) is 12.4. The first-order valence-corrected chi connectivity index (χ1v) is 7.40. The fraction of sp³-hybridized carbons (Fsp3) is 0.176. The van der Waals surface area contributed by atoms with Crippen molar-refractivity contribution in [1.82, 2.24) is 0 Å². The van der Waals surface area contributed by atoms with Gasteiger partial charge in [0.05, 0.1) is 6.04 Å². The van der Waals surface area contributed by atoms with Crippen LogP contribution in [0.5, 0.6) is 11.5 Å². The van der Waals surface area contributed by atoms with Gasteiger partial charge >= 0.3 is 0 Å². The highest BCUT2D eigenvalue weighted by Crippen LogP contribution is 2.40. The van der Waals surface area contributed by atoms with Crippen molar-refractivity contribution in [1.29, 1.82) is 0 Å². The van der Waals surface area contributed by atoms with Crippen LogP contribution in [-0.2, 0) is 0 Å². The fourth-order valence-corrected chi connectivity index (χ4v) is 2.87. The normalized spacial score (nSPS) is 21.5. The minimum atomic E-state index is -0.662.